The van der Waals surface area contributed by atoms with Gasteiger partial charge in [-0.25, -0.2) is 0 Å². The number of halogens is 1. The van der Waals surface area contributed by atoms with Crippen molar-refractivity contribution in [3.63, 3.8) is 0 Å². The van der Waals surface area contributed by atoms with Gasteiger partial charge < -0.3 is 16.2 Å². The van der Waals surface area contributed by atoms with Gasteiger partial charge in [0.2, 0.25) is 5.91 Å². The lowest BCUT2D eigenvalue weighted by Gasteiger charge is -2.33. The summed E-state index contributed by atoms with van der Waals surface area (Å²) < 4.78 is 0. The highest BCUT2D eigenvalue weighted by molar-refractivity contribution is 5.86. The van der Waals surface area contributed by atoms with E-state index in [9.17, 15) is 4.79 Å². The van der Waals surface area contributed by atoms with E-state index in [0.29, 0.717) is 6.54 Å². The Kier molecular flexibility index (Phi) is 7.94. The molecule has 0 aromatic heterocycles. The van der Waals surface area contributed by atoms with Crippen molar-refractivity contribution in [2.24, 2.45) is 11.1 Å². The quantitative estimate of drug-likeness (QED) is 0.672. The van der Waals surface area contributed by atoms with E-state index < -0.39 is 5.54 Å². The molecular formula is C14H29ClN2O2. The number of hydrogen-bond acceptors (Lipinski definition) is 3. The highest BCUT2D eigenvalue weighted by atomic mass is 35.5. The Morgan fingerprint density at radius 2 is 1.84 bits per heavy atom. The maximum absolute atomic E-state index is 12.2. The van der Waals surface area contributed by atoms with E-state index in [4.69, 9.17) is 10.8 Å². The summed E-state index contributed by atoms with van der Waals surface area (Å²) in [5.74, 6) is -0.00999. The highest BCUT2D eigenvalue weighted by Crippen LogP contribution is 2.31. The molecule has 0 atom stereocenters. The van der Waals surface area contributed by atoms with Crippen molar-refractivity contribution >= 4 is 18.3 Å². The number of hydrogen-bond donors (Lipinski definition) is 3. The number of nitrogens with two attached hydrogens (primary N) is 1. The maximum Gasteiger partial charge on any atom is 0.240 e. The van der Waals surface area contributed by atoms with Gasteiger partial charge in [-0.3, -0.25) is 4.79 Å². The molecule has 0 bridgehead atoms. The predicted octanol–water partition coefficient (Wildman–Crippen LogP) is 1.98. The number of carbonyl (C=O) groups is 1. The van der Waals surface area contributed by atoms with Gasteiger partial charge in [0.25, 0.3) is 0 Å². The summed E-state index contributed by atoms with van der Waals surface area (Å²) in [7, 11) is 0. The molecule has 0 saturated heterocycles. The number of amides is 1. The third-order valence-electron chi connectivity index (χ3n) is 4.71. The van der Waals surface area contributed by atoms with E-state index in [-0.39, 0.29) is 30.3 Å². The fourth-order valence-electron chi connectivity index (χ4n) is 2.86. The third-order valence-corrected chi connectivity index (χ3v) is 4.71. The zero-order chi connectivity index (χ0) is 13.6. The van der Waals surface area contributed by atoms with Crippen LogP contribution in [0.25, 0.3) is 0 Å². The minimum Gasteiger partial charge on any atom is -0.396 e. The fraction of sp³-hybridized carbons (Fsp3) is 0.929. The van der Waals surface area contributed by atoms with Crippen LogP contribution in [0.1, 0.15) is 58.8 Å². The van der Waals surface area contributed by atoms with Crippen LogP contribution in [0.2, 0.25) is 0 Å². The lowest BCUT2D eigenvalue weighted by Crippen LogP contribution is -2.54. The first-order valence-electron chi connectivity index (χ1n) is 7.20. The molecule has 0 aromatic rings. The highest BCUT2D eigenvalue weighted by Gasteiger charge is 2.38. The Hall–Kier alpha value is -0.320. The molecule has 0 spiro atoms. The first kappa shape index (κ1) is 18.7. The van der Waals surface area contributed by atoms with E-state index in [1.165, 1.54) is 0 Å². The molecular weight excluding hydrogens is 264 g/mol. The van der Waals surface area contributed by atoms with Crippen molar-refractivity contribution in [1.29, 1.82) is 0 Å². The second-order valence-corrected chi connectivity index (χ2v) is 5.73. The predicted molar refractivity (Wildman–Crippen MR) is 80.4 cm³/mol. The van der Waals surface area contributed by atoms with Crippen LogP contribution in [0.15, 0.2) is 0 Å². The summed E-state index contributed by atoms with van der Waals surface area (Å²) in [4.78, 5) is 12.2. The molecule has 1 aliphatic rings. The summed E-state index contributed by atoms with van der Waals surface area (Å²) >= 11 is 0. The zero-order valence-electron chi connectivity index (χ0n) is 12.2. The van der Waals surface area contributed by atoms with Crippen molar-refractivity contribution in [2.75, 3.05) is 13.2 Å². The normalized spacial score (nSPS) is 17.9. The van der Waals surface area contributed by atoms with Crippen LogP contribution < -0.4 is 11.1 Å². The van der Waals surface area contributed by atoms with E-state index in [0.717, 1.165) is 44.9 Å². The van der Waals surface area contributed by atoms with Gasteiger partial charge in [0.1, 0.15) is 0 Å². The van der Waals surface area contributed by atoms with Gasteiger partial charge in [-0.1, -0.05) is 26.7 Å². The first-order chi connectivity index (χ1) is 8.52. The van der Waals surface area contributed by atoms with Crippen molar-refractivity contribution in [1.82, 2.24) is 5.32 Å². The Balaban J connectivity index is 0.00000324. The minimum absolute atomic E-state index is 0. The average molecular weight is 293 g/mol. The summed E-state index contributed by atoms with van der Waals surface area (Å²) in [5.41, 5.74) is 5.49. The SMILES string of the molecule is CCC(CC)(CCO)CNC(=O)C1(N)CCCC1.Cl. The molecule has 0 aromatic carbocycles. The molecule has 19 heavy (non-hydrogen) atoms. The van der Waals surface area contributed by atoms with E-state index in [1.54, 1.807) is 0 Å². The standard InChI is InChI=1S/C14H28N2O2.ClH/c1-3-13(4-2,9-10-17)11-16-12(18)14(15)7-5-6-8-14;/h17H,3-11,15H2,1-2H3,(H,16,18);1H. The summed E-state index contributed by atoms with van der Waals surface area (Å²) in [6.07, 6.45) is 6.34. The van der Waals surface area contributed by atoms with Gasteiger partial charge in [0.15, 0.2) is 0 Å². The molecule has 1 aliphatic carbocycles. The molecule has 1 amide bonds. The molecule has 4 nitrogen and oxygen atoms in total. The van der Waals surface area contributed by atoms with Gasteiger partial charge >= 0.3 is 0 Å². The number of aliphatic hydroxyl groups excluding tert-OH is 1. The smallest absolute Gasteiger partial charge is 0.240 e. The van der Waals surface area contributed by atoms with E-state index >= 15 is 0 Å². The Bertz CT molecular complexity index is 275. The van der Waals surface area contributed by atoms with Crippen LogP contribution in [-0.2, 0) is 4.79 Å². The van der Waals surface area contributed by atoms with Gasteiger partial charge in [-0.15, -0.1) is 12.4 Å². The molecule has 114 valence electrons. The molecule has 0 heterocycles. The molecule has 0 aliphatic heterocycles. The Morgan fingerprint density at radius 3 is 2.26 bits per heavy atom. The fourth-order valence-corrected chi connectivity index (χ4v) is 2.86. The zero-order valence-corrected chi connectivity index (χ0v) is 13.0. The lowest BCUT2D eigenvalue weighted by atomic mass is 9.79. The lowest BCUT2D eigenvalue weighted by molar-refractivity contribution is -0.126. The number of aliphatic hydroxyl groups is 1. The second-order valence-electron chi connectivity index (χ2n) is 5.73. The molecule has 0 unspecified atom stereocenters. The molecule has 4 N–H and O–H groups in total. The van der Waals surface area contributed by atoms with Crippen molar-refractivity contribution in [3.8, 4) is 0 Å². The van der Waals surface area contributed by atoms with Crippen LogP contribution in [0.5, 0.6) is 0 Å². The van der Waals surface area contributed by atoms with Gasteiger partial charge in [-0.05, 0) is 37.5 Å². The second kappa shape index (κ2) is 8.08. The molecule has 0 radical (unpaired) electrons. The Morgan fingerprint density at radius 1 is 1.32 bits per heavy atom. The van der Waals surface area contributed by atoms with Crippen molar-refractivity contribution in [2.45, 2.75) is 64.3 Å². The van der Waals surface area contributed by atoms with E-state index in [2.05, 4.69) is 19.2 Å². The van der Waals surface area contributed by atoms with Crippen molar-refractivity contribution < 1.29 is 9.90 Å². The van der Waals surface area contributed by atoms with Crippen LogP contribution >= 0.6 is 12.4 Å². The number of nitrogens with one attached hydrogen (secondary N) is 1. The van der Waals surface area contributed by atoms with Crippen LogP contribution in [0.4, 0.5) is 0 Å². The largest absolute Gasteiger partial charge is 0.396 e. The monoisotopic (exact) mass is 292 g/mol. The van der Waals surface area contributed by atoms with Crippen molar-refractivity contribution in [3.05, 3.63) is 0 Å². The summed E-state index contributed by atoms with van der Waals surface area (Å²) in [5, 5.41) is 12.2. The van der Waals surface area contributed by atoms with E-state index in [1.807, 2.05) is 0 Å². The molecule has 1 fully saturated rings. The molecule has 1 rings (SSSR count). The molecule has 1 saturated carbocycles. The topological polar surface area (TPSA) is 75.3 Å². The summed E-state index contributed by atoms with van der Waals surface area (Å²) in [6, 6.07) is 0. The van der Waals surface area contributed by atoms with Crippen LogP contribution in [0.3, 0.4) is 0 Å². The maximum atomic E-state index is 12.2. The minimum atomic E-state index is -0.646. The van der Waals surface area contributed by atoms with Gasteiger partial charge in [0.05, 0.1) is 5.54 Å². The van der Waals surface area contributed by atoms with Crippen LogP contribution in [0, 0.1) is 5.41 Å². The summed E-state index contributed by atoms with van der Waals surface area (Å²) in [6.45, 7) is 5.02. The first-order valence-corrected chi connectivity index (χ1v) is 7.20. The average Bonchev–Trinajstić information content (AvgIpc) is 2.82. The van der Waals surface area contributed by atoms with Crippen LogP contribution in [-0.4, -0.2) is 29.7 Å². The van der Waals surface area contributed by atoms with Gasteiger partial charge in [0, 0.05) is 13.2 Å². The number of carbonyl (C=O) groups excluding carboxylic acids is 1. The molecule has 5 heteroatoms. The number of rotatable bonds is 7. The Labute approximate surface area is 122 Å². The third kappa shape index (κ3) is 4.62. The van der Waals surface area contributed by atoms with Gasteiger partial charge in [-0.2, -0.15) is 0 Å².